The third kappa shape index (κ3) is 2.73. The summed E-state index contributed by atoms with van der Waals surface area (Å²) < 4.78 is 16.0. The minimum atomic E-state index is -0.364. The lowest BCUT2D eigenvalue weighted by atomic mass is 10.0. The molecule has 5 heteroatoms. The summed E-state index contributed by atoms with van der Waals surface area (Å²) in [6, 6.07) is 4.79. The zero-order chi connectivity index (χ0) is 12.4. The van der Waals surface area contributed by atoms with Gasteiger partial charge in [0.05, 0.1) is 10.7 Å². The Balaban J connectivity index is 2.20. The molecule has 0 radical (unpaired) electrons. The van der Waals surface area contributed by atoms with Crippen LogP contribution in [0.5, 0.6) is 0 Å². The molecule has 90 valence electrons. The number of aryl methyl sites for hydroxylation is 1. The van der Waals surface area contributed by atoms with Gasteiger partial charge in [0, 0.05) is 24.8 Å². The Morgan fingerprint density at radius 2 is 2.29 bits per heavy atom. The monoisotopic (exact) mass is 297 g/mol. The fourth-order valence-corrected chi connectivity index (χ4v) is 2.13. The molecule has 0 amide bonds. The molecular weight excluding hydrogens is 285 g/mol. The summed E-state index contributed by atoms with van der Waals surface area (Å²) >= 11 is 3.16. The van der Waals surface area contributed by atoms with Crippen molar-refractivity contribution in [1.82, 2.24) is 9.78 Å². The number of hydrogen-bond acceptors (Lipinski definition) is 2. The zero-order valence-electron chi connectivity index (χ0n) is 9.40. The van der Waals surface area contributed by atoms with Crippen molar-refractivity contribution in [2.45, 2.75) is 12.5 Å². The summed E-state index contributed by atoms with van der Waals surface area (Å²) in [5, 5.41) is 4.06. The quantitative estimate of drug-likeness (QED) is 0.946. The van der Waals surface area contributed by atoms with Gasteiger partial charge in [-0.25, -0.2) is 4.39 Å². The van der Waals surface area contributed by atoms with Gasteiger partial charge < -0.3 is 5.73 Å². The maximum atomic E-state index is 13.8. The molecule has 2 N–H and O–H groups in total. The van der Waals surface area contributed by atoms with Gasteiger partial charge in [0.1, 0.15) is 5.82 Å². The van der Waals surface area contributed by atoms with Gasteiger partial charge in [-0.2, -0.15) is 5.10 Å². The van der Waals surface area contributed by atoms with Crippen LogP contribution in [-0.4, -0.2) is 9.78 Å². The molecule has 3 nitrogen and oxygen atoms in total. The van der Waals surface area contributed by atoms with Crippen molar-refractivity contribution in [3.63, 3.8) is 0 Å². The fraction of sp³-hybridized carbons (Fsp3) is 0.250. The SMILES string of the molecule is Cn1cc(CC(N)c2cccc(Br)c2F)cn1. The zero-order valence-corrected chi connectivity index (χ0v) is 11.0. The summed E-state index contributed by atoms with van der Waals surface area (Å²) in [5.74, 6) is -0.288. The molecule has 0 fully saturated rings. The van der Waals surface area contributed by atoms with Crippen LogP contribution in [0.2, 0.25) is 0 Å². The Morgan fingerprint density at radius 3 is 2.94 bits per heavy atom. The Bertz CT molecular complexity index is 524. The molecule has 1 aromatic heterocycles. The van der Waals surface area contributed by atoms with Crippen LogP contribution in [0, 0.1) is 5.82 Å². The third-order valence-corrected chi connectivity index (χ3v) is 3.21. The second-order valence-electron chi connectivity index (χ2n) is 3.98. The van der Waals surface area contributed by atoms with Crippen molar-refractivity contribution < 1.29 is 4.39 Å². The molecule has 0 saturated heterocycles. The lowest BCUT2D eigenvalue weighted by Gasteiger charge is -2.12. The highest BCUT2D eigenvalue weighted by atomic mass is 79.9. The van der Waals surface area contributed by atoms with Crippen LogP contribution in [-0.2, 0) is 13.5 Å². The van der Waals surface area contributed by atoms with Crippen LogP contribution in [0.25, 0.3) is 0 Å². The molecule has 1 atom stereocenters. The topological polar surface area (TPSA) is 43.8 Å². The van der Waals surface area contributed by atoms with Crippen molar-refractivity contribution in [1.29, 1.82) is 0 Å². The molecular formula is C12H13BrFN3. The number of hydrogen-bond donors (Lipinski definition) is 1. The van der Waals surface area contributed by atoms with E-state index in [1.54, 1.807) is 29.1 Å². The van der Waals surface area contributed by atoms with Crippen LogP contribution in [0.3, 0.4) is 0 Å². The van der Waals surface area contributed by atoms with Crippen LogP contribution >= 0.6 is 15.9 Å². The lowest BCUT2D eigenvalue weighted by Crippen LogP contribution is -2.15. The lowest BCUT2D eigenvalue weighted by molar-refractivity contribution is 0.575. The molecule has 0 aliphatic heterocycles. The summed E-state index contributed by atoms with van der Waals surface area (Å²) in [7, 11) is 1.84. The molecule has 1 heterocycles. The van der Waals surface area contributed by atoms with E-state index in [0.717, 1.165) is 5.56 Å². The molecule has 2 rings (SSSR count). The summed E-state index contributed by atoms with van der Waals surface area (Å²) in [6.07, 6.45) is 4.20. The van der Waals surface area contributed by atoms with E-state index >= 15 is 0 Å². The number of nitrogens with two attached hydrogens (primary N) is 1. The number of aromatic nitrogens is 2. The average molecular weight is 298 g/mol. The van der Waals surface area contributed by atoms with E-state index in [9.17, 15) is 4.39 Å². The number of rotatable bonds is 3. The highest BCUT2D eigenvalue weighted by molar-refractivity contribution is 9.10. The van der Waals surface area contributed by atoms with E-state index in [1.165, 1.54) is 0 Å². The van der Waals surface area contributed by atoms with Crippen molar-refractivity contribution in [2.24, 2.45) is 12.8 Å². The molecule has 0 aliphatic carbocycles. The van der Waals surface area contributed by atoms with Crippen LogP contribution < -0.4 is 5.73 Å². The molecule has 17 heavy (non-hydrogen) atoms. The van der Waals surface area contributed by atoms with Gasteiger partial charge in [-0.05, 0) is 34.0 Å². The summed E-state index contributed by atoms with van der Waals surface area (Å²) in [4.78, 5) is 0. The van der Waals surface area contributed by atoms with Gasteiger partial charge >= 0.3 is 0 Å². The first-order valence-corrected chi connectivity index (χ1v) is 6.04. The summed E-state index contributed by atoms with van der Waals surface area (Å²) in [6.45, 7) is 0. The smallest absolute Gasteiger partial charge is 0.142 e. The van der Waals surface area contributed by atoms with Crippen molar-refractivity contribution in [2.75, 3.05) is 0 Å². The van der Waals surface area contributed by atoms with E-state index in [-0.39, 0.29) is 11.9 Å². The van der Waals surface area contributed by atoms with Crippen molar-refractivity contribution in [3.05, 3.63) is 52.0 Å². The number of benzene rings is 1. The van der Waals surface area contributed by atoms with Gasteiger partial charge in [-0.3, -0.25) is 4.68 Å². The maximum Gasteiger partial charge on any atom is 0.142 e. The molecule has 1 unspecified atom stereocenters. The number of halogens is 2. The highest BCUT2D eigenvalue weighted by Crippen LogP contribution is 2.24. The molecule has 0 spiro atoms. The van der Waals surface area contributed by atoms with E-state index < -0.39 is 0 Å². The fourth-order valence-electron chi connectivity index (χ4n) is 1.75. The number of nitrogens with zero attached hydrogens (tertiary/aromatic N) is 2. The Labute approximate surface area is 108 Å². The normalized spacial score (nSPS) is 12.7. The van der Waals surface area contributed by atoms with E-state index in [2.05, 4.69) is 21.0 Å². The van der Waals surface area contributed by atoms with E-state index in [1.807, 2.05) is 13.2 Å². The Morgan fingerprint density at radius 1 is 1.53 bits per heavy atom. The van der Waals surface area contributed by atoms with Gasteiger partial charge in [0.2, 0.25) is 0 Å². The maximum absolute atomic E-state index is 13.8. The largest absolute Gasteiger partial charge is 0.324 e. The minimum Gasteiger partial charge on any atom is -0.324 e. The predicted molar refractivity (Wildman–Crippen MR) is 67.9 cm³/mol. The first-order valence-electron chi connectivity index (χ1n) is 5.25. The standard InChI is InChI=1S/C12H13BrFN3/c1-17-7-8(6-16-17)5-11(15)9-3-2-4-10(13)12(9)14/h2-4,6-7,11H,5,15H2,1H3. The van der Waals surface area contributed by atoms with Gasteiger partial charge in [0.25, 0.3) is 0 Å². The van der Waals surface area contributed by atoms with Crippen LogP contribution in [0.15, 0.2) is 35.1 Å². The minimum absolute atomic E-state index is 0.288. The van der Waals surface area contributed by atoms with E-state index in [4.69, 9.17) is 5.73 Å². The van der Waals surface area contributed by atoms with E-state index in [0.29, 0.717) is 16.5 Å². The predicted octanol–water partition coefficient (Wildman–Crippen LogP) is 2.56. The molecule has 1 aromatic carbocycles. The molecule has 0 saturated carbocycles. The summed E-state index contributed by atoms with van der Waals surface area (Å²) in [5.41, 5.74) is 7.52. The first-order chi connectivity index (χ1) is 8.08. The van der Waals surface area contributed by atoms with Gasteiger partial charge in [-0.1, -0.05) is 12.1 Å². The van der Waals surface area contributed by atoms with Crippen LogP contribution in [0.4, 0.5) is 4.39 Å². The third-order valence-electron chi connectivity index (χ3n) is 2.59. The molecule has 2 aromatic rings. The van der Waals surface area contributed by atoms with Gasteiger partial charge in [-0.15, -0.1) is 0 Å². The molecule has 0 aliphatic rings. The second-order valence-corrected chi connectivity index (χ2v) is 4.83. The van der Waals surface area contributed by atoms with Crippen molar-refractivity contribution in [3.8, 4) is 0 Å². The Kier molecular flexibility index (Phi) is 3.59. The van der Waals surface area contributed by atoms with Crippen molar-refractivity contribution >= 4 is 15.9 Å². The first kappa shape index (κ1) is 12.3. The highest BCUT2D eigenvalue weighted by Gasteiger charge is 2.14. The molecule has 0 bridgehead atoms. The Hall–Kier alpha value is -1.20. The second kappa shape index (κ2) is 4.98. The van der Waals surface area contributed by atoms with Crippen LogP contribution in [0.1, 0.15) is 17.2 Å². The van der Waals surface area contributed by atoms with Gasteiger partial charge in [0.15, 0.2) is 0 Å². The average Bonchev–Trinajstić information content (AvgIpc) is 2.68.